The normalized spacial score (nSPS) is 12.0. The van der Waals surface area contributed by atoms with Gasteiger partial charge in [0, 0.05) is 5.54 Å². The molecule has 0 aliphatic rings. The number of rotatable bonds is 8. The SMILES string of the molecule is CCCCCCCCONC(C)(C)C. The highest BCUT2D eigenvalue weighted by atomic mass is 16.6. The largest absolute Gasteiger partial charge is 0.301 e. The van der Waals surface area contributed by atoms with E-state index in [0.717, 1.165) is 6.61 Å². The number of nitrogens with one attached hydrogen (secondary N) is 1. The molecule has 0 radical (unpaired) electrons. The van der Waals surface area contributed by atoms with Gasteiger partial charge >= 0.3 is 0 Å². The van der Waals surface area contributed by atoms with E-state index in [4.69, 9.17) is 4.84 Å². The zero-order chi connectivity index (χ0) is 10.9. The lowest BCUT2D eigenvalue weighted by Gasteiger charge is -2.19. The van der Waals surface area contributed by atoms with Crippen molar-refractivity contribution in [3.63, 3.8) is 0 Å². The molecule has 0 saturated heterocycles. The number of hydroxylamine groups is 1. The highest BCUT2D eigenvalue weighted by molar-refractivity contribution is 4.63. The van der Waals surface area contributed by atoms with Crippen LogP contribution < -0.4 is 5.48 Å². The van der Waals surface area contributed by atoms with Gasteiger partial charge in [0.15, 0.2) is 0 Å². The molecule has 0 aliphatic heterocycles. The second-order valence-electron chi connectivity index (χ2n) is 4.97. The third kappa shape index (κ3) is 11.9. The monoisotopic (exact) mass is 201 g/mol. The van der Waals surface area contributed by atoms with Crippen molar-refractivity contribution in [2.75, 3.05) is 6.61 Å². The maximum atomic E-state index is 5.35. The Morgan fingerprint density at radius 2 is 1.50 bits per heavy atom. The van der Waals surface area contributed by atoms with Crippen molar-refractivity contribution in [1.82, 2.24) is 5.48 Å². The summed E-state index contributed by atoms with van der Waals surface area (Å²) in [7, 11) is 0. The fourth-order valence-electron chi connectivity index (χ4n) is 1.22. The summed E-state index contributed by atoms with van der Waals surface area (Å²) in [5, 5.41) is 0. The van der Waals surface area contributed by atoms with Gasteiger partial charge in [0.05, 0.1) is 6.61 Å². The molecule has 1 N–H and O–H groups in total. The Labute approximate surface area is 89.4 Å². The van der Waals surface area contributed by atoms with E-state index in [1.807, 2.05) is 0 Å². The van der Waals surface area contributed by atoms with Crippen molar-refractivity contribution in [2.24, 2.45) is 0 Å². The number of unbranched alkanes of at least 4 members (excludes halogenated alkanes) is 5. The van der Waals surface area contributed by atoms with E-state index in [0.29, 0.717) is 0 Å². The molecule has 86 valence electrons. The van der Waals surface area contributed by atoms with Crippen LogP contribution in [0.3, 0.4) is 0 Å². The van der Waals surface area contributed by atoms with Crippen LogP contribution >= 0.6 is 0 Å². The van der Waals surface area contributed by atoms with Crippen LogP contribution in [0.2, 0.25) is 0 Å². The van der Waals surface area contributed by atoms with Gasteiger partial charge in [0.1, 0.15) is 0 Å². The first-order valence-corrected chi connectivity index (χ1v) is 5.95. The maximum absolute atomic E-state index is 5.35. The lowest BCUT2D eigenvalue weighted by atomic mass is 10.1. The maximum Gasteiger partial charge on any atom is 0.0682 e. The van der Waals surface area contributed by atoms with E-state index in [1.165, 1.54) is 38.5 Å². The van der Waals surface area contributed by atoms with E-state index in [2.05, 4.69) is 33.2 Å². The summed E-state index contributed by atoms with van der Waals surface area (Å²) in [6, 6.07) is 0. The van der Waals surface area contributed by atoms with E-state index < -0.39 is 0 Å². The summed E-state index contributed by atoms with van der Waals surface area (Å²) < 4.78 is 0. The van der Waals surface area contributed by atoms with Crippen LogP contribution in [0.5, 0.6) is 0 Å². The minimum absolute atomic E-state index is 0.0716. The van der Waals surface area contributed by atoms with Gasteiger partial charge in [-0.1, -0.05) is 39.0 Å². The fourth-order valence-corrected chi connectivity index (χ4v) is 1.22. The standard InChI is InChI=1S/C12H27NO/c1-5-6-7-8-9-10-11-14-13-12(2,3)4/h13H,5-11H2,1-4H3. The Hall–Kier alpha value is -0.0800. The van der Waals surface area contributed by atoms with Crippen molar-refractivity contribution in [1.29, 1.82) is 0 Å². The quantitative estimate of drug-likeness (QED) is 0.478. The molecule has 2 nitrogen and oxygen atoms in total. The highest BCUT2D eigenvalue weighted by Crippen LogP contribution is 2.05. The lowest BCUT2D eigenvalue weighted by Crippen LogP contribution is -2.35. The summed E-state index contributed by atoms with van der Waals surface area (Å²) in [4.78, 5) is 5.35. The van der Waals surface area contributed by atoms with Crippen LogP contribution in [-0.2, 0) is 4.84 Å². The molecule has 0 aromatic rings. The third-order valence-electron chi connectivity index (χ3n) is 1.98. The van der Waals surface area contributed by atoms with Gasteiger partial charge in [-0.25, -0.2) is 0 Å². The molecule has 0 spiro atoms. The molecule has 0 amide bonds. The van der Waals surface area contributed by atoms with Gasteiger partial charge in [-0.05, 0) is 27.2 Å². The van der Waals surface area contributed by atoms with Crippen LogP contribution in [0.4, 0.5) is 0 Å². The zero-order valence-corrected chi connectivity index (χ0v) is 10.4. The molecular weight excluding hydrogens is 174 g/mol. The topological polar surface area (TPSA) is 21.3 Å². The average molecular weight is 201 g/mol. The van der Waals surface area contributed by atoms with Gasteiger partial charge < -0.3 is 4.84 Å². The van der Waals surface area contributed by atoms with Crippen LogP contribution in [0.1, 0.15) is 66.2 Å². The minimum atomic E-state index is 0.0716. The van der Waals surface area contributed by atoms with Crippen LogP contribution in [0.15, 0.2) is 0 Å². The molecule has 14 heavy (non-hydrogen) atoms. The van der Waals surface area contributed by atoms with Crippen molar-refractivity contribution >= 4 is 0 Å². The van der Waals surface area contributed by atoms with Crippen molar-refractivity contribution in [3.8, 4) is 0 Å². The molecule has 0 saturated carbocycles. The van der Waals surface area contributed by atoms with E-state index in [-0.39, 0.29) is 5.54 Å². The second kappa shape index (κ2) is 8.25. The third-order valence-corrected chi connectivity index (χ3v) is 1.98. The van der Waals surface area contributed by atoms with E-state index >= 15 is 0 Å². The Morgan fingerprint density at radius 1 is 0.929 bits per heavy atom. The molecule has 0 aromatic heterocycles. The van der Waals surface area contributed by atoms with Crippen LogP contribution in [-0.4, -0.2) is 12.1 Å². The first-order valence-electron chi connectivity index (χ1n) is 5.95. The summed E-state index contributed by atoms with van der Waals surface area (Å²) in [6.07, 6.45) is 7.90. The predicted octanol–water partition coefficient (Wildman–Crippen LogP) is 3.67. The minimum Gasteiger partial charge on any atom is -0.301 e. The number of hydrogen-bond donors (Lipinski definition) is 1. The Kier molecular flexibility index (Phi) is 8.20. The van der Waals surface area contributed by atoms with Gasteiger partial charge in [-0.15, -0.1) is 0 Å². The lowest BCUT2D eigenvalue weighted by molar-refractivity contribution is -0.00760. The zero-order valence-electron chi connectivity index (χ0n) is 10.4. The molecule has 0 atom stereocenters. The van der Waals surface area contributed by atoms with Crippen molar-refractivity contribution < 1.29 is 4.84 Å². The first kappa shape index (κ1) is 13.9. The Balaban J connectivity index is 2.99. The van der Waals surface area contributed by atoms with Crippen molar-refractivity contribution in [2.45, 2.75) is 71.8 Å². The van der Waals surface area contributed by atoms with Gasteiger partial charge in [0.2, 0.25) is 0 Å². The molecule has 2 heteroatoms. The molecule has 0 aromatic carbocycles. The van der Waals surface area contributed by atoms with Crippen molar-refractivity contribution in [3.05, 3.63) is 0 Å². The summed E-state index contributed by atoms with van der Waals surface area (Å²) >= 11 is 0. The first-order chi connectivity index (χ1) is 6.56. The Bertz CT molecular complexity index is 118. The summed E-state index contributed by atoms with van der Waals surface area (Å²) in [5.74, 6) is 0. The molecular formula is C12H27NO. The summed E-state index contributed by atoms with van der Waals surface area (Å²) in [5.41, 5.74) is 3.10. The molecule has 0 bridgehead atoms. The molecule has 0 heterocycles. The van der Waals surface area contributed by atoms with E-state index in [9.17, 15) is 0 Å². The molecule has 0 rings (SSSR count). The molecule has 0 fully saturated rings. The average Bonchev–Trinajstić information content (AvgIpc) is 2.08. The van der Waals surface area contributed by atoms with Gasteiger partial charge in [-0.3, -0.25) is 0 Å². The molecule has 0 unspecified atom stereocenters. The molecule has 0 aliphatic carbocycles. The predicted molar refractivity (Wildman–Crippen MR) is 62.2 cm³/mol. The van der Waals surface area contributed by atoms with Gasteiger partial charge in [0.25, 0.3) is 0 Å². The highest BCUT2D eigenvalue weighted by Gasteiger charge is 2.07. The van der Waals surface area contributed by atoms with E-state index in [1.54, 1.807) is 0 Å². The summed E-state index contributed by atoms with van der Waals surface area (Å²) in [6.45, 7) is 9.40. The second-order valence-corrected chi connectivity index (χ2v) is 4.97. The Morgan fingerprint density at radius 3 is 2.07 bits per heavy atom. The van der Waals surface area contributed by atoms with Gasteiger partial charge in [-0.2, -0.15) is 5.48 Å². The van der Waals surface area contributed by atoms with Crippen LogP contribution in [0, 0.1) is 0 Å². The fraction of sp³-hybridized carbons (Fsp3) is 1.00. The van der Waals surface area contributed by atoms with Crippen LogP contribution in [0.25, 0.3) is 0 Å². The smallest absolute Gasteiger partial charge is 0.0682 e. The number of hydrogen-bond acceptors (Lipinski definition) is 2.